The van der Waals surface area contributed by atoms with Gasteiger partial charge in [0.25, 0.3) is 0 Å². The van der Waals surface area contributed by atoms with Crippen LogP contribution in [-0.2, 0) is 70.2 Å². The minimum atomic E-state index is -1.70. The third-order valence-corrected chi connectivity index (χ3v) is 13.6. The van der Waals surface area contributed by atoms with Crippen molar-refractivity contribution < 1.29 is 76.0 Å². The largest absolute Gasteiger partial charge is 0.508 e. The fraction of sp³-hybridized carbons (Fsp3) is 0.322. The van der Waals surface area contributed by atoms with Gasteiger partial charge in [0.05, 0.1) is 25.9 Å². The van der Waals surface area contributed by atoms with Crippen molar-refractivity contribution in [2.75, 3.05) is 32.8 Å². The van der Waals surface area contributed by atoms with E-state index in [0.717, 1.165) is 22.3 Å². The van der Waals surface area contributed by atoms with Crippen molar-refractivity contribution in [2.45, 2.75) is 87.4 Å². The van der Waals surface area contributed by atoms with Gasteiger partial charge in [0.2, 0.25) is 6.29 Å². The Kier molecular flexibility index (Phi) is 19.1. The van der Waals surface area contributed by atoms with Crippen molar-refractivity contribution in [3.8, 4) is 22.6 Å². The van der Waals surface area contributed by atoms with Gasteiger partial charge in [0.15, 0.2) is 18.5 Å². The van der Waals surface area contributed by atoms with Crippen molar-refractivity contribution in [1.82, 2.24) is 0 Å². The molecule has 20 heteroatoms. The van der Waals surface area contributed by atoms with Crippen molar-refractivity contribution >= 4 is 35.7 Å². The number of benzene rings is 6. The molecule has 0 spiro atoms. The average molecular weight is 1100 g/mol. The van der Waals surface area contributed by atoms with E-state index in [1.165, 1.54) is 14.0 Å². The lowest BCUT2D eigenvalue weighted by molar-refractivity contribution is -0.343. The van der Waals surface area contributed by atoms with Gasteiger partial charge in [-0.3, -0.25) is 9.59 Å². The predicted octanol–water partition coefficient (Wildman–Crippen LogP) is 9.66. The van der Waals surface area contributed by atoms with Crippen LogP contribution < -0.4 is 9.47 Å². The second-order valence-electron chi connectivity index (χ2n) is 18.4. The van der Waals surface area contributed by atoms with Crippen molar-refractivity contribution in [2.24, 2.45) is 5.11 Å². The molecule has 2 saturated heterocycles. The number of fused-ring (bicyclic) bond motifs is 3. The third kappa shape index (κ3) is 14.0. The molecule has 10 atom stereocenters. The number of halogens is 1. The van der Waals surface area contributed by atoms with Crippen molar-refractivity contribution in [1.29, 1.82) is 0 Å². The van der Waals surface area contributed by atoms with E-state index >= 15 is 0 Å². The molecule has 0 bridgehead atoms. The molecule has 6 aromatic rings. The van der Waals surface area contributed by atoms with Gasteiger partial charge in [-0.1, -0.05) is 133 Å². The molecule has 0 unspecified atom stereocenters. The molecule has 2 heterocycles. The Labute approximate surface area is 460 Å². The highest BCUT2D eigenvalue weighted by atomic mass is 35.5. The van der Waals surface area contributed by atoms with Crippen LogP contribution in [0.25, 0.3) is 21.6 Å². The van der Waals surface area contributed by atoms with Gasteiger partial charge in [0, 0.05) is 17.8 Å². The molecular formula is C59H56ClN3O16. The van der Waals surface area contributed by atoms with Crippen LogP contribution in [0.5, 0.6) is 11.5 Å². The van der Waals surface area contributed by atoms with Gasteiger partial charge in [-0.2, -0.15) is 0 Å². The summed E-state index contributed by atoms with van der Waals surface area (Å²) in [6, 6.07) is 47.0. The lowest BCUT2D eigenvalue weighted by Crippen LogP contribution is -2.66. The van der Waals surface area contributed by atoms with Crippen molar-refractivity contribution in [3.05, 3.63) is 202 Å². The fourth-order valence-electron chi connectivity index (χ4n) is 9.63. The Morgan fingerprint density at radius 3 is 1.72 bits per heavy atom. The number of alkyl halides is 1. The molecule has 0 N–H and O–H groups in total. The number of ether oxygens (including phenoxy) is 12. The fourth-order valence-corrected chi connectivity index (χ4v) is 9.71. The zero-order chi connectivity index (χ0) is 55.1. The third-order valence-electron chi connectivity index (χ3n) is 13.3. The number of hydrogen-bond acceptors (Lipinski definition) is 17. The van der Waals surface area contributed by atoms with E-state index in [2.05, 4.69) is 10.0 Å². The summed E-state index contributed by atoms with van der Waals surface area (Å²) in [5.41, 5.74) is 15.9. The summed E-state index contributed by atoms with van der Waals surface area (Å²) < 4.78 is 75.0. The molecule has 3 aliphatic rings. The maximum atomic E-state index is 14.2. The van der Waals surface area contributed by atoms with E-state index in [-0.39, 0.29) is 37.1 Å². The maximum Gasteiger partial charge on any atom is 0.508 e. The Morgan fingerprint density at radius 2 is 1.13 bits per heavy atom. The Morgan fingerprint density at radius 1 is 0.582 bits per heavy atom. The van der Waals surface area contributed by atoms with Crippen LogP contribution in [0.1, 0.15) is 45.5 Å². The van der Waals surface area contributed by atoms with E-state index in [1.54, 1.807) is 78.9 Å². The van der Waals surface area contributed by atoms with Crippen LogP contribution in [-0.4, -0.2) is 118 Å². The summed E-state index contributed by atoms with van der Waals surface area (Å²) >= 11 is 5.94. The monoisotopic (exact) mass is 1100 g/mol. The number of carbonyl (C=O) groups is 4. The number of esters is 3. The number of azide groups is 1. The molecule has 410 valence electrons. The standard InChI is InChI=1S/C59H56ClN3O16/c1-36(64)69-34-47-51(79-59(67)73-33-46-44-24-14-12-22-42(44)43-23-13-15-25-45(43)46)53(71-31-37-16-6-3-7-17-37)50(62-63-61)57(75-47)78-52-48(35-70-49(65)30-60)76-58(74-41-28-26-40(68-2)27-29-41)55(77-56(66)39-20-10-5-11-21-39)54(52)72-32-38-18-8-4-9-19-38/h3-29,46-48,50-55,57-58H,30-35H2,1-2H3/t47-,48+,50-,51-,52-,53-,54+,55-,57-,58-/m1/s1. The molecule has 9 rings (SSSR count). The lowest BCUT2D eigenvalue weighted by Gasteiger charge is -2.49. The van der Waals surface area contributed by atoms with Crippen LogP contribution >= 0.6 is 11.6 Å². The number of hydrogen-bond donors (Lipinski definition) is 0. The number of methoxy groups -OCH3 is 1. The van der Waals surface area contributed by atoms with Crippen LogP contribution in [0.4, 0.5) is 4.79 Å². The van der Waals surface area contributed by atoms with Gasteiger partial charge >= 0.3 is 24.1 Å². The minimum absolute atomic E-state index is 0.104. The van der Waals surface area contributed by atoms with Crippen molar-refractivity contribution in [3.63, 3.8) is 0 Å². The highest BCUT2D eigenvalue weighted by Crippen LogP contribution is 2.45. The predicted molar refractivity (Wildman–Crippen MR) is 283 cm³/mol. The first-order valence-electron chi connectivity index (χ1n) is 25.4. The van der Waals surface area contributed by atoms with Gasteiger partial charge in [-0.05, 0) is 75.3 Å². The molecule has 1 aliphatic carbocycles. The minimum Gasteiger partial charge on any atom is -0.497 e. The summed E-state index contributed by atoms with van der Waals surface area (Å²) in [4.78, 5) is 57.0. The summed E-state index contributed by atoms with van der Waals surface area (Å²) in [5, 5.41) is 4.15. The Balaban J connectivity index is 1.09. The molecular weight excluding hydrogens is 1040 g/mol. The summed E-state index contributed by atoms with van der Waals surface area (Å²) in [6.07, 6.45) is -14.4. The molecule has 0 amide bonds. The van der Waals surface area contributed by atoms with Gasteiger partial charge in [-0.25, -0.2) is 9.59 Å². The van der Waals surface area contributed by atoms with Crippen LogP contribution in [0.2, 0.25) is 0 Å². The quantitative estimate of drug-likeness (QED) is 0.0154. The molecule has 2 fully saturated rings. The molecule has 6 aromatic carbocycles. The molecule has 2 aliphatic heterocycles. The molecule has 0 saturated carbocycles. The topological polar surface area (TPSA) is 228 Å². The maximum absolute atomic E-state index is 14.2. The summed E-state index contributed by atoms with van der Waals surface area (Å²) in [6.45, 7) is -0.224. The molecule has 19 nitrogen and oxygen atoms in total. The van der Waals surface area contributed by atoms with Crippen LogP contribution in [0, 0.1) is 0 Å². The first-order chi connectivity index (χ1) is 38.6. The molecule has 0 aromatic heterocycles. The second-order valence-corrected chi connectivity index (χ2v) is 18.7. The first kappa shape index (κ1) is 55.7. The average Bonchev–Trinajstić information content (AvgIpc) is 4.01. The van der Waals surface area contributed by atoms with E-state index < -0.39 is 105 Å². The van der Waals surface area contributed by atoms with Gasteiger partial charge in [-0.15, -0.1) is 11.6 Å². The highest BCUT2D eigenvalue weighted by Gasteiger charge is 2.56. The summed E-state index contributed by atoms with van der Waals surface area (Å²) in [7, 11) is 1.51. The lowest BCUT2D eigenvalue weighted by atomic mass is 9.95. The van der Waals surface area contributed by atoms with Crippen LogP contribution in [0.3, 0.4) is 0 Å². The number of nitrogens with zero attached hydrogens (tertiary/aromatic N) is 3. The zero-order valence-electron chi connectivity index (χ0n) is 42.9. The SMILES string of the molecule is COc1ccc(O[C@@H]2O[C@@H](COC(=O)CCl)[C@@H](O[C@H]3O[C@H](COC(C)=O)[C@@H](OC(=O)OCC4c5ccccc5-c5ccccc54)[C@H](OCc4ccccc4)[C@H]3N=[N+]=[N-])[C@H](OCc3ccccc3)[C@H]2OC(=O)c2ccccc2)cc1. The number of rotatable bonds is 22. The van der Waals surface area contributed by atoms with E-state index in [1.807, 2.05) is 84.9 Å². The molecule has 79 heavy (non-hydrogen) atoms. The first-order valence-corrected chi connectivity index (χ1v) is 25.9. The van der Waals surface area contributed by atoms with E-state index in [9.17, 15) is 24.7 Å². The Hall–Kier alpha value is -8.00. The van der Waals surface area contributed by atoms with Crippen LogP contribution in [0.15, 0.2) is 169 Å². The number of carbonyl (C=O) groups excluding carboxylic acids is 4. The normalized spacial score (nSPS) is 23.1. The summed E-state index contributed by atoms with van der Waals surface area (Å²) in [5.74, 6) is -2.38. The Bertz CT molecular complexity index is 3000. The van der Waals surface area contributed by atoms with E-state index in [4.69, 9.17) is 68.4 Å². The smallest absolute Gasteiger partial charge is 0.497 e. The zero-order valence-corrected chi connectivity index (χ0v) is 43.7. The van der Waals surface area contributed by atoms with E-state index in [0.29, 0.717) is 16.9 Å². The van der Waals surface area contributed by atoms with Gasteiger partial charge in [0.1, 0.15) is 73.8 Å². The highest BCUT2D eigenvalue weighted by molar-refractivity contribution is 6.26. The van der Waals surface area contributed by atoms with Gasteiger partial charge < -0.3 is 56.8 Å². The second kappa shape index (κ2) is 27.0. The molecule has 0 radical (unpaired) electrons.